The molecule has 0 spiro atoms. The Morgan fingerprint density at radius 1 is 1.37 bits per heavy atom. The van der Waals surface area contributed by atoms with Gasteiger partial charge in [0.1, 0.15) is 0 Å². The van der Waals surface area contributed by atoms with E-state index in [0.29, 0.717) is 11.8 Å². The molecule has 2 rings (SSSR count). The van der Waals surface area contributed by atoms with Crippen LogP contribution in [-0.4, -0.2) is 34.7 Å². The molecule has 0 bridgehead atoms. The van der Waals surface area contributed by atoms with Gasteiger partial charge in [0.25, 0.3) is 0 Å². The molecule has 1 fully saturated rings. The van der Waals surface area contributed by atoms with Crippen molar-refractivity contribution in [1.29, 1.82) is 0 Å². The van der Waals surface area contributed by atoms with Crippen molar-refractivity contribution < 1.29 is 5.11 Å². The van der Waals surface area contributed by atoms with E-state index >= 15 is 0 Å². The highest BCUT2D eigenvalue weighted by Gasteiger charge is 2.26. The third-order valence-corrected chi connectivity index (χ3v) is 4.02. The first kappa shape index (κ1) is 14.5. The zero-order chi connectivity index (χ0) is 13.8. The highest BCUT2D eigenvalue weighted by atomic mass is 16.3. The third-order valence-electron chi connectivity index (χ3n) is 4.02. The van der Waals surface area contributed by atoms with Crippen molar-refractivity contribution in [2.75, 3.05) is 13.6 Å². The molecule has 2 unspecified atom stereocenters. The van der Waals surface area contributed by atoms with E-state index in [2.05, 4.69) is 44.0 Å². The molecule has 1 aliphatic rings. The van der Waals surface area contributed by atoms with Crippen molar-refractivity contribution in [3.8, 4) is 0 Å². The lowest BCUT2D eigenvalue weighted by atomic mass is 10.1. The zero-order valence-corrected chi connectivity index (χ0v) is 12.3. The molecule has 1 heterocycles. The molecule has 1 aromatic heterocycles. The molecule has 3 nitrogen and oxygen atoms in total. The van der Waals surface area contributed by atoms with E-state index in [0.717, 1.165) is 37.3 Å². The van der Waals surface area contributed by atoms with E-state index in [9.17, 15) is 5.11 Å². The highest BCUT2D eigenvalue weighted by Crippen LogP contribution is 2.26. The summed E-state index contributed by atoms with van der Waals surface area (Å²) >= 11 is 0. The van der Waals surface area contributed by atoms with Crippen molar-refractivity contribution in [3.63, 3.8) is 0 Å². The van der Waals surface area contributed by atoms with Gasteiger partial charge in [0.2, 0.25) is 0 Å². The molecular formula is C16H26N2O. The highest BCUT2D eigenvalue weighted by molar-refractivity contribution is 5.13. The smallest absolute Gasteiger partial charge is 0.0580 e. The van der Waals surface area contributed by atoms with Gasteiger partial charge in [0.05, 0.1) is 11.8 Å². The molecule has 106 valence electrons. The molecule has 0 aliphatic heterocycles. The average Bonchev–Trinajstić information content (AvgIpc) is 2.75. The number of aliphatic hydroxyl groups is 1. The lowest BCUT2D eigenvalue weighted by Crippen LogP contribution is -2.29. The van der Waals surface area contributed by atoms with Gasteiger partial charge in [-0.25, -0.2) is 0 Å². The predicted molar refractivity (Wildman–Crippen MR) is 78.0 cm³/mol. The molecule has 0 saturated heterocycles. The van der Waals surface area contributed by atoms with Crippen LogP contribution in [0.15, 0.2) is 18.2 Å². The summed E-state index contributed by atoms with van der Waals surface area (Å²) in [6.45, 7) is 6.17. The number of hydrogen-bond donors (Lipinski definition) is 1. The van der Waals surface area contributed by atoms with Crippen LogP contribution < -0.4 is 0 Å². The van der Waals surface area contributed by atoms with Crippen LogP contribution in [0, 0.1) is 5.92 Å². The van der Waals surface area contributed by atoms with Crippen molar-refractivity contribution in [1.82, 2.24) is 9.88 Å². The van der Waals surface area contributed by atoms with Crippen molar-refractivity contribution in [2.45, 2.75) is 51.7 Å². The Labute approximate surface area is 116 Å². The Morgan fingerprint density at radius 2 is 2.16 bits per heavy atom. The predicted octanol–water partition coefficient (Wildman–Crippen LogP) is 2.80. The van der Waals surface area contributed by atoms with Crippen LogP contribution in [-0.2, 0) is 6.54 Å². The molecule has 0 aromatic carbocycles. The summed E-state index contributed by atoms with van der Waals surface area (Å²) in [6.07, 6.45) is 3.20. The standard InChI is InChI=1S/C16H26N2O/c1-12(2)15-8-5-7-14(17-15)11-18(3)10-13-6-4-9-16(13)19/h5,7-8,12-13,16,19H,4,6,9-11H2,1-3H3. The number of nitrogens with zero attached hydrogens (tertiary/aromatic N) is 2. The summed E-state index contributed by atoms with van der Waals surface area (Å²) in [5.41, 5.74) is 2.29. The number of hydrogen-bond acceptors (Lipinski definition) is 3. The fourth-order valence-corrected chi connectivity index (χ4v) is 2.88. The van der Waals surface area contributed by atoms with Gasteiger partial charge in [0, 0.05) is 18.8 Å². The van der Waals surface area contributed by atoms with Gasteiger partial charge in [-0.15, -0.1) is 0 Å². The Morgan fingerprint density at radius 3 is 2.79 bits per heavy atom. The third kappa shape index (κ3) is 4.02. The van der Waals surface area contributed by atoms with E-state index in [1.807, 2.05) is 0 Å². The van der Waals surface area contributed by atoms with Crippen LogP contribution in [0.3, 0.4) is 0 Å². The fourth-order valence-electron chi connectivity index (χ4n) is 2.88. The van der Waals surface area contributed by atoms with E-state index in [-0.39, 0.29) is 6.10 Å². The maximum atomic E-state index is 9.88. The fraction of sp³-hybridized carbons (Fsp3) is 0.688. The summed E-state index contributed by atoms with van der Waals surface area (Å²) in [4.78, 5) is 6.99. The number of aliphatic hydroxyl groups excluding tert-OH is 1. The normalized spacial score (nSPS) is 23.5. The van der Waals surface area contributed by atoms with E-state index in [1.165, 1.54) is 6.42 Å². The molecule has 19 heavy (non-hydrogen) atoms. The molecule has 0 amide bonds. The molecule has 0 radical (unpaired) electrons. The Bertz CT molecular complexity index is 405. The summed E-state index contributed by atoms with van der Waals surface area (Å²) < 4.78 is 0. The van der Waals surface area contributed by atoms with Crippen LogP contribution in [0.25, 0.3) is 0 Å². The average molecular weight is 262 g/mol. The summed E-state index contributed by atoms with van der Waals surface area (Å²) in [7, 11) is 2.12. The van der Waals surface area contributed by atoms with Gasteiger partial charge in [-0.1, -0.05) is 26.3 Å². The zero-order valence-electron chi connectivity index (χ0n) is 12.3. The van der Waals surface area contributed by atoms with Gasteiger partial charge in [-0.2, -0.15) is 0 Å². The van der Waals surface area contributed by atoms with Gasteiger partial charge in [-0.05, 0) is 43.9 Å². The number of pyridine rings is 1. The topological polar surface area (TPSA) is 36.4 Å². The lowest BCUT2D eigenvalue weighted by molar-refractivity contribution is 0.107. The Kier molecular flexibility index (Phi) is 4.94. The van der Waals surface area contributed by atoms with E-state index in [4.69, 9.17) is 4.98 Å². The van der Waals surface area contributed by atoms with Crippen molar-refractivity contribution >= 4 is 0 Å². The van der Waals surface area contributed by atoms with Crippen LogP contribution in [0.5, 0.6) is 0 Å². The number of aromatic nitrogens is 1. The monoisotopic (exact) mass is 262 g/mol. The molecule has 3 heteroatoms. The second-order valence-electron chi connectivity index (χ2n) is 6.16. The minimum absolute atomic E-state index is 0.0996. The van der Waals surface area contributed by atoms with Crippen LogP contribution in [0.4, 0.5) is 0 Å². The molecular weight excluding hydrogens is 236 g/mol. The first-order valence-electron chi connectivity index (χ1n) is 7.38. The minimum atomic E-state index is -0.0996. The summed E-state index contributed by atoms with van der Waals surface area (Å²) in [6, 6.07) is 6.28. The molecule has 1 aromatic rings. The second-order valence-corrected chi connectivity index (χ2v) is 6.16. The maximum absolute atomic E-state index is 9.88. The Balaban J connectivity index is 1.91. The maximum Gasteiger partial charge on any atom is 0.0580 e. The van der Waals surface area contributed by atoms with Crippen LogP contribution in [0.1, 0.15) is 50.4 Å². The van der Waals surface area contributed by atoms with Crippen molar-refractivity contribution in [3.05, 3.63) is 29.6 Å². The first-order chi connectivity index (χ1) is 9.06. The Hall–Kier alpha value is -0.930. The second kappa shape index (κ2) is 6.49. The number of rotatable bonds is 5. The van der Waals surface area contributed by atoms with Gasteiger partial charge in [-0.3, -0.25) is 4.98 Å². The molecule has 1 saturated carbocycles. The first-order valence-corrected chi connectivity index (χ1v) is 7.38. The molecule has 1 aliphatic carbocycles. The van der Waals surface area contributed by atoms with E-state index in [1.54, 1.807) is 0 Å². The minimum Gasteiger partial charge on any atom is -0.393 e. The lowest BCUT2D eigenvalue weighted by Gasteiger charge is -2.23. The quantitative estimate of drug-likeness (QED) is 0.886. The molecule has 2 atom stereocenters. The van der Waals surface area contributed by atoms with Gasteiger partial charge >= 0.3 is 0 Å². The van der Waals surface area contributed by atoms with Gasteiger partial charge in [0.15, 0.2) is 0 Å². The SMILES string of the molecule is CC(C)c1cccc(CN(C)CC2CCCC2O)n1. The van der Waals surface area contributed by atoms with Gasteiger partial charge < -0.3 is 10.0 Å². The van der Waals surface area contributed by atoms with Crippen LogP contribution >= 0.6 is 0 Å². The van der Waals surface area contributed by atoms with E-state index < -0.39 is 0 Å². The molecule has 1 N–H and O–H groups in total. The largest absolute Gasteiger partial charge is 0.393 e. The summed E-state index contributed by atoms with van der Waals surface area (Å²) in [5, 5.41) is 9.88. The van der Waals surface area contributed by atoms with Crippen molar-refractivity contribution in [2.24, 2.45) is 5.92 Å². The van der Waals surface area contributed by atoms with Crippen LogP contribution in [0.2, 0.25) is 0 Å². The summed E-state index contributed by atoms with van der Waals surface area (Å²) in [5.74, 6) is 0.917.